The maximum Gasteiger partial charge on any atom is 0.0427 e. The van der Waals surface area contributed by atoms with E-state index in [4.69, 9.17) is 0 Å². The fourth-order valence-corrected chi connectivity index (χ4v) is 1.03. The Hall–Kier alpha value is -0.0800. The molecule has 0 aliphatic carbocycles. The van der Waals surface area contributed by atoms with E-state index < -0.39 is 0 Å². The van der Waals surface area contributed by atoms with Gasteiger partial charge in [-0.2, -0.15) is 0 Å². The highest BCUT2D eigenvalue weighted by atomic mass is 15.1. The number of hydrogen-bond acceptors (Lipinski definition) is 2. The Kier molecular flexibility index (Phi) is 1.54. The van der Waals surface area contributed by atoms with Crippen molar-refractivity contribution in [3.8, 4) is 0 Å². The molecule has 0 amide bonds. The van der Waals surface area contributed by atoms with E-state index in [1.807, 2.05) is 7.05 Å². The summed E-state index contributed by atoms with van der Waals surface area (Å²) < 4.78 is 0. The minimum Gasteiger partial charge on any atom is -0.313 e. The SMILES string of the molecule is CCC1(NC)CNC1. The second-order valence-corrected chi connectivity index (χ2v) is 2.49. The highest BCUT2D eigenvalue weighted by Crippen LogP contribution is 2.13. The average Bonchev–Trinajstić information content (AvgIpc) is 1.67. The van der Waals surface area contributed by atoms with E-state index in [9.17, 15) is 0 Å². The molecule has 1 heterocycles. The first-order valence-electron chi connectivity index (χ1n) is 3.22. The number of nitrogens with one attached hydrogen (secondary N) is 2. The Labute approximate surface area is 50.7 Å². The van der Waals surface area contributed by atoms with Crippen molar-refractivity contribution >= 4 is 0 Å². The summed E-state index contributed by atoms with van der Waals surface area (Å²) in [6.45, 7) is 4.50. The Balaban J connectivity index is 2.33. The zero-order valence-electron chi connectivity index (χ0n) is 5.62. The van der Waals surface area contributed by atoms with Crippen molar-refractivity contribution in [2.45, 2.75) is 18.9 Å². The summed E-state index contributed by atoms with van der Waals surface area (Å²) in [5.41, 5.74) is 0.444. The number of likely N-dealkylation sites (N-methyl/N-ethyl adjacent to an activating group) is 1. The average molecular weight is 114 g/mol. The molecule has 1 saturated heterocycles. The maximum absolute atomic E-state index is 3.30. The molecule has 1 aliphatic heterocycles. The van der Waals surface area contributed by atoms with Crippen LogP contribution in [0.25, 0.3) is 0 Å². The van der Waals surface area contributed by atoms with Gasteiger partial charge in [0.1, 0.15) is 0 Å². The van der Waals surface area contributed by atoms with Crippen LogP contribution in [0.1, 0.15) is 13.3 Å². The van der Waals surface area contributed by atoms with Crippen LogP contribution in [0.15, 0.2) is 0 Å². The molecule has 0 atom stereocenters. The summed E-state index contributed by atoms with van der Waals surface area (Å²) in [6.07, 6.45) is 1.23. The summed E-state index contributed by atoms with van der Waals surface area (Å²) in [7, 11) is 2.03. The Morgan fingerprint density at radius 1 is 1.62 bits per heavy atom. The molecule has 2 nitrogen and oxygen atoms in total. The van der Waals surface area contributed by atoms with Gasteiger partial charge in [0.25, 0.3) is 0 Å². The van der Waals surface area contributed by atoms with Crippen LogP contribution >= 0.6 is 0 Å². The highest BCUT2D eigenvalue weighted by molar-refractivity contribution is 4.97. The molecule has 48 valence electrons. The van der Waals surface area contributed by atoms with Gasteiger partial charge in [0.2, 0.25) is 0 Å². The van der Waals surface area contributed by atoms with Crippen molar-refractivity contribution in [3.63, 3.8) is 0 Å². The van der Waals surface area contributed by atoms with Gasteiger partial charge in [-0.05, 0) is 13.5 Å². The van der Waals surface area contributed by atoms with Crippen LogP contribution in [0.2, 0.25) is 0 Å². The van der Waals surface area contributed by atoms with E-state index in [-0.39, 0.29) is 0 Å². The summed E-state index contributed by atoms with van der Waals surface area (Å²) in [6, 6.07) is 0. The lowest BCUT2D eigenvalue weighted by molar-refractivity contribution is 0.222. The summed E-state index contributed by atoms with van der Waals surface area (Å²) in [5, 5.41) is 6.54. The van der Waals surface area contributed by atoms with Crippen molar-refractivity contribution in [3.05, 3.63) is 0 Å². The highest BCUT2D eigenvalue weighted by Gasteiger charge is 2.32. The van der Waals surface area contributed by atoms with Crippen LogP contribution in [0.5, 0.6) is 0 Å². The predicted octanol–water partition coefficient (Wildman–Crippen LogP) is -0.0422. The molecule has 0 aromatic carbocycles. The van der Waals surface area contributed by atoms with Crippen molar-refractivity contribution in [1.82, 2.24) is 10.6 Å². The van der Waals surface area contributed by atoms with Crippen LogP contribution in [-0.2, 0) is 0 Å². The molecule has 8 heavy (non-hydrogen) atoms. The number of hydrogen-bond donors (Lipinski definition) is 2. The standard InChI is InChI=1S/C6H14N2/c1-3-6(7-2)4-8-5-6/h7-8H,3-5H2,1-2H3. The van der Waals surface area contributed by atoms with Crippen molar-refractivity contribution in [1.29, 1.82) is 0 Å². The minimum atomic E-state index is 0.444. The predicted molar refractivity (Wildman–Crippen MR) is 35.0 cm³/mol. The van der Waals surface area contributed by atoms with Gasteiger partial charge in [-0.1, -0.05) is 6.92 Å². The first-order valence-corrected chi connectivity index (χ1v) is 3.22. The third-order valence-corrected chi connectivity index (χ3v) is 2.13. The molecule has 0 unspecified atom stereocenters. The molecule has 0 bridgehead atoms. The third kappa shape index (κ3) is 0.740. The Morgan fingerprint density at radius 2 is 2.25 bits per heavy atom. The molecule has 1 fully saturated rings. The van der Waals surface area contributed by atoms with E-state index in [0.29, 0.717) is 5.54 Å². The van der Waals surface area contributed by atoms with Crippen molar-refractivity contribution < 1.29 is 0 Å². The van der Waals surface area contributed by atoms with Crippen LogP contribution in [0.3, 0.4) is 0 Å². The Bertz CT molecular complexity index is 63.1. The molecule has 1 aliphatic rings. The van der Waals surface area contributed by atoms with Gasteiger partial charge in [0.05, 0.1) is 0 Å². The molecule has 0 radical (unpaired) electrons. The van der Waals surface area contributed by atoms with Gasteiger partial charge < -0.3 is 10.6 Å². The van der Waals surface area contributed by atoms with Gasteiger partial charge in [0, 0.05) is 18.6 Å². The van der Waals surface area contributed by atoms with Gasteiger partial charge in [-0.15, -0.1) is 0 Å². The molecular formula is C6H14N2. The van der Waals surface area contributed by atoms with E-state index in [2.05, 4.69) is 17.6 Å². The molecule has 1 rings (SSSR count). The van der Waals surface area contributed by atoms with Crippen molar-refractivity contribution in [2.24, 2.45) is 0 Å². The molecule has 0 aromatic heterocycles. The zero-order chi connectivity index (χ0) is 6.04. The van der Waals surface area contributed by atoms with Crippen LogP contribution in [-0.4, -0.2) is 25.7 Å². The lowest BCUT2D eigenvalue weighted by Gasteiger charge is -2.41. The smallest absolute Gasteiger partial charge is 0.0427 e. The first-order chi connectivity index (χ1) is 3.83. The van der Waals surface area contributed by atoms with Crippen molar-refractivity contribution in [2.75, 3.05) is 20.1 Å². The quantitative estimate of drug-likeness (QED) is 0.526. The van der Waals surface area contributed by atoms with Gasteiger partial charge >= 0.3 is 0 Å². The summed E-state index contributed by atoms with van der Waals surface area (Å²) in [4.78, 5) is 0. The topological polar surface area (TPSA) is 24.1 Å². The Morgan fingerprint density at radius 3 is 2.25 bits per heavy atom. The molecule has 0 spiro atoms. The normalized spacial score (nSPS) is 24.8. The zero-order valence-corrected chi connectivity index (χ0v) is 5.62. The van der Waals surface area contributed by atoms with Crippen LogP contribution in [0, 0.1) is 0 Å². The third-order valence-electron chi connectivity index (χ3n) is 2.13. The van der Waals surface area contributed by atoms with Gasteiger partial charge in [-0.3, -0.25) is 0 Å². The fraction of sp³-hybridized carbons (Fsp3) is 1.00. The molecular weight excluding hydrogens is 100 g/mol. The monoisotopic (exact) mass is 114 g/mol. The molecule has 2 N–H and O–H groups in total. The second-order valence-electron chi connectivity index (χ2n) is 2.49. The number of rotatable bonds is 2. The van der Waals surface area contributed by atoms with E-state index in [1.165, 1.54) is 6.42 Å². The van der Waals surface area contributed by atoms with Crippen LogP contribution in [0.4, 0.5) is 0 Å². The fourth-order valence-electron chi connectivity index (χ4n) is 1.03. The first kappa shape index (κ1) is 6.05. The van der Waals surface area contributed by atoms with Gasteiger partial charge in [-0.25, -0.2) is 0 Å². The van der Waals surface area contributed by atoms with Crippen LogP contribution < -0.4 is 10.6 Å². The van der Waals surface area contributed by atoms with E-state index in [0.717, 1.165) is 13.1 Å². The van der Waals surface area contributed by atoms with E-state index >= 15 is 0 Å². The largest absolute Gasteiger partial charge is 0.313 e. The lowest BCUT2D eigenvalue weighted by atomic mass is 9.90. The maximum atomic E-state index is 3.30. The molecule has 0 aromatic rings. The molecule has 0 saturated carbocycles. The second kappa shape index (κ2) is 2.03. The summed E-state index contributed by atoms with van der Waals surface area (Å²) in [5.74, 6) is 0. The summed E-state index contributed by atoms with van der Waals surface area (Å²) >= 11 is 0. The van der Waals surface area contributed by atoms with Gasteiger partial charge in [0.15, 0.2) is 0 Å². The van der Waals surface area contributed by atoms with E-state index in [1.54, 1.807) is 0 Å². The molecule has 2 heteroatoms. The minimum absolute atomic E-state index is 0.444. The lowest BCUT2D eigenvalue weighted by Crippen LogP contribution is -2.66.